The normalized spacial score (nSPS) is 14.4. The molecule has 2 N–H and O–H groups in total. The molecule has 0 radical (unpaired) electrons. The van der Waals surface area contributed by atoms with Gasteiger partial charge in [0.15, 0.2) is 0 Å². The maximum atomic E-state index is 12.4. The number of anilines is 1. The van der Waals surface area contributed by atoms with Crippen molar-refractivity contribution in [2.75, 3.05) is 12.4 Å². The quantitative estimate of drug-likeness (QED) is 0.421. The Bertz CT molecular complexity index is 1130. The van der Waals surface area contributed by atoms with Crippen LogP contribution in [0.4, 0.5) is 5.69 Å². The molecule has 164 valence electrons. The lowest BCUT2D eigenvalue weighted by Crippen LogP contribution is -2.24. The van der Waals surface area contributed by atoms with E-state index < -0.39 is 0 Å². The van der Waals surface area contributed by atoms with Gasteiger partial charge in [-0.1, -0.05) is 43.5 Å². The molecule has 0 aliphatic heterocycles. The van der Waals surface area contributed by atoms with E-state index in [1.807, 2.05) is 36.4 Å². The number of rotatable bonds is 6. The maximum Gasteiger partial charge on any atom is 0.271 e. The lowest BCUT2D eigenvalue weighted by Gasteiger charge is -2.20. The average Bonchev–Trinajstić information content (AvgIpc) is 2.85. The Morgan fingerprint density at radius 3 is 2.38 bits per heavy atom. The van der Waals surface area contributed by atoms with Crippen LogP contribution in [0.15, 0.2) is 65.8 Å². The molecule has 0 aromatic heterocycles. The molecule has 3 aromatic rings. The standard InChI is InChI=1S/C26H27N3O3/c1-32-24-16-13-20(22-9-5-6-10-23(22)24)17-27-29-26(31)19-11-14-21(15-12-19)28-25(30)18-7-3-2-4-8-18/h5-6,9-18H,2-4,7-8H2,1H3,(H,28,30)(H,29,31). The predicted molar refractivity (Wildman–Crippen MR) is 127 cm³/mol. The number of carbonyl (C=O) groups is 2. The third-order valence-corrected chi connectivity index (χ3v) is 5.90. The number of nitrogens with zero attached hydrogens (tertiary/aromatic N) is 1. The fraction of sp³-hybridized carbons (Fsp3) is 0.269. The number of hydrogen-bond donors (Lipinski definition) is 2. The zero-order chi connectivity index (χ0) is 22.3. The van der Waals surface area contributed by atoms with Crippen molar-refractivity contribution < 1.29 is 14.3 Å². The fourth-order valence-electron chi connectivity index (χ4n) is 4.12. The van der Waals surface area contributed by atoms with Crippen molar-refractivity contribution in [3.63, 3.8) is 0 Å². The van der Waals surface area contributed by atoms with Crippen molar-refractivity contribution >= 4 is 34.5 Å². The van der Waals surface area contributed by atoms with Gasteiger partial charge in [0, 0.05) is 28.1 Å². The van der Waals surface area contributed by atoms with Crippen LogP contribution < -0.4 is 15.5 Å². The molecule has 0 atom stereocenters. The van der Waals surface area contributed by atoms with E-state index in [1.54, 1.807) is 37.6 Å². The molecule has 0 bridgehead atoms. The van der Waals surface area contributed by atoms with E-state index in [1.165, 1.54) is 6.42 Å². The second-order valence-electron chi connectivity index (χ2n) is 8.00. The first kappa shape index (κ1) is 21.6. The van der Waals surface area contributed by atoms with Gasteiger partial charge in [0.05, 0.1) is 13.3 Å². The summed E-state index contributed by atoms with van der Waals surface area (Å²) in [6.07, 6.45) is 6.97. The minimum absolute atomic E-state index is 0.0678. The molecule has 6 nitrogen and oxygen atoms in total. The molecule has 32 heavy (non-hydrogen) atoms. The van der Waals surface area contributed by atoms with Crippen LogP contribution in [0.2, 0.25) is 0 Å². The Kier molecular flexibility index (Phi) is 6.80. The summed E-state index contributed by atoms with van der Waals surface area (Å²) in [5.74, 6) is 0.634. The summed E-state index contributed by atoms with van der Waals surface area (Å²) in [6.45, 7) is 0. The van der Waals surface area contributed by atoms with E-state index in [4.69, 9.17) is 4.74 Å². The van der Waals surface area contributed by atoms with Gasteiger partial charge < -0.3 is 10.1 Å². The van der Waals surface area contributed by atoms with Crippen LogP contribution >= 0.6 is 0 Å². The third kappa shape index (κ3) is 4.97. The number of carbonyl (C=O) groups excluding carboxylic acids is 2. The van der Waals surface area contributed by atoms with Gasteiger partial charge in [0.1, 0.15) is 5.75 Å². The number of fused-ring (bicyclic) bond motifs is 1. The van der Waals surface area contributed by atoms with E-state index in [2.05, 4.69) is 15.8 Å². The summed E-state index contributed by atoms with van der Waals surface area (Å²) in [6, 6.07) is 18.5. The van der Waals surface area contributed by atoms with Crippen molar-refractivity contribution in [3.8, 4) is 5.75 Å². The van der Waals surface area contributed by atoms with Gasteiger partial charge >= 0.3 is 0 Å². The molecule has 1 saturated carbocycles. The number of benzene rings is 3. The van der Waals surface area contributed by atoms with Gasteiger partial charge in [0.25, 0.3) is 5.91 Å². The Morgan fingerprint density at radius 2 is 1.66 bits per heavy atom. The van der Waals surface area contributed by atoms with Crippen LogP contribution in [0.5, 0.6) is 5.75 Å². The Balaban J connectivity index is 1.38. The second kappa shape index (κ2) is 10.1. The van der Waals surface area contributed by atoms with E-state index in [-0.39, 0.29) is 17.7 Å². The largest absolute Gasteiger partial charge is 0.496 e. The van der Waals surface area contributed by atoms with Crippen LogP contribution in [0.1, 0.15) is 48.0 Å². The predicted octanol–water partition coefficient (Wildman–Crippen LogP) is 5.13. The minimum Gasteiger partial charge on any atom is -0.496 e. The molecule has 0 heterocycles. The second-order valence-corrected chi connectivity index (χ2v) is 8.00. The molecule has 1 aliphatic rings. The summed E-state index contributed by atoms with van der Waals surface area (Å²) in [5.41, 5.74) is 4.61. The van der Waals surface area contributed by atoms with Gasteiger partial charge in [-0.05, 0) is 54.6 Å². The van der Waals surface area contributed by atoms with Crippen LogP contribution in [0, 0.1) is 5.92 Å². The third-order valence-electron chi connectivity index (χ3n) is 5.90. The first-order chi connectivity index (χ1) is 15.7. The lowest BCUT2D eigenvalue weighted by molar-refractivity contribution is -0.120. The highest BCUT2D eigenvalue weighted by molar-refractivity contribution is 6.03. The summed E-state index contributed by atoms with van der Waals surface area (Å²) in [5, 5.41) is 9.05. The Morgan fingerprint density at radius 1 is 0.938 bits per heavy atom. The van der Waals surface area contributed by atoms with E-state index in [0.717, 1.165) is 47.8 Å². The molecule has 0 saturated heterocycles. The van der Waals surface area contributed by atoms with Crippen molar-refractivity contribution in [3.05, 3.63) is 71.8 Å². The van der Waals surface area contributed by atoms with E-state index >= 15 is 0 Å². The van der Waals surface area contributed by atoms with Crippen molar-refractivity contribution in [2.24, 2.45) is 11.0 Å². The molecule has 0 unspecified atom stereocenters. The Labute approximate surface area is 187 Å². The molecular weight excluding hydrogens is 402 g/mol. The van der Waals surface area contributed by atoms with Gasteiger partial charge in [0.2, 0.25) is 5.91 Å². The average molecular weight is 430 g/mol. The number of ether oxygens (including phenoxy) is 1. The Hall–Kier alpha value is -3.67. The van der Waals surface area contributed by atoms with E-state index in [9.17, 15) is 9.59 Å². The molecule has 1 fully saturated rings. The summed E-state index contributed by atoms with van der Waals surface area (Å²) in [4.78, 5) is 24.8. The van der Waals surface area contributed by atoms with Gasteiger partial charge in [-0.3, -0.25) is 9.59 Å². The highest BCUT2D eigenvalue weighted by atomic mass is 16.5. The van der Waals surface area contributed by atoms with Gasteiger partial charge in [-0.2, -0.15) is 5.10 Å². The van der Waals surface area contributed by atoms with Gasteiger partial charge in [-0.15, -0.1) is 0 Å². The SMILES string of the molecule is COc1ccc(C=NNC(=O)c2ccc(NC(=O)C3CCCCC3)cc2)c2ccccc12. The van der Waals surface area contributed by atoms with Crippen LogP contribution in [-0.4, -0.2) is 25.1 Å². The fourth-order valence-corrected chi connectivity index (χ4v) is 4.12. The highest BCUT2D eigenvalue weighted by Gasteiger charge is 2.21. The summed E-state index contributed by atoms with van der Waals surface area (Å²) in [7, 11) is 1.64. The molecule has 3 aromatic carbocycles. The zero-order valence-corrected chi connectivity index (χ0v) is 18.1. The molecule has 6 heteroatoms. The molecule has 0 spiro atoms. The first-order valence-electron chi connectivity index (χ1n) is 11.0. The molecular formula is C26H27N3O3. The van der Waals surface area contributed by atoms with Crippen molar-refractivity contribution in [2.45, 2.75) is 32.1 Å². The topological polar surface area (TPSA) is 79.8 Å². The number of amides is 2. The van der Waals surface area contributed by atoms with Crippen molar-refractivity contribution in [1.82, 2.24) is 5.43 Å². The highest BCUT2D eigenvalue weighted by Crippen LogP contribution is 2.27. The summed E-state index contributed by atoms with van der Waals surface area (Å²) < 4.78 is 5.41. The number of methoxy groups -OCH3 is 1. The monoisotopic (exact) mass is 429 g/mol. The van der Waals surface area contributed by atoms with Crippen molar-refractivity contribution in [1.29, 1.82) is 0 Å². The number of hydrogen-bond acceptors (Lipinski definition) is 4. The minimum atomic E-state index is -0.316. The molecule has 2 amide bonds. The summed E-state index contributed by atoms with van der Waals surface area (Å²) >= 11 is 0. The smallest absolute Gasteiger partial charge is 0.271 e. The molecule has 4 rings (SSSR count). The lowest BCUT2D eigenvalue weighted by atomic mass is 9.88. The van der Waals surface area contributed by atoms with Crippen LogP contribution in [0.3, 0.4) is 0 Å². The number of nitrogens with one attached hydrogen (secondary N) is 2. The first-order valence-corrected chi connectivity index (χ1v) is 11.0. The van der Waals surface area contributed by atoms with Crippen LogP contribution in [0.25, 0.3) is 10.8 Å². The molecule has 1 aliphatic carbocycles. The zero-order valence-electron chi connectivity index (χ0n) is 18.1. The van der Waals surface area contributed by atoms with E-state index in [0.29, 0.717) is 11.3 Å². The maximum absolute atomic E-state index is 12.4. The van der Waals surface area contributed by atoms with Gasteiger partial charge in [-0.25, -0.2) is 5.43 Å². The number of hydrazone groups is 1. The van der Waals surface area contributed by atoms with Crippen LogP contribution in [-0.2, 0) is 4.79 Å².